The number of aromatic nitrogens is 3. The van der Waals surface area contributed by atoms with Crippen molar-refractivity contribution in [2.24, 2.45) is 0 Å². The van der Waals surface area contributed by atoms with E-state index in [1.165, 1.54) is 6.33 Å². The lowest BCUT2D eigenvalue weighted by Crippen LogP contribution is -2.21. The smallest absolute Gasteiger partial charge is 0.133 e. The van der Waals surface area contributed by atoms with Crippen molar-refractivity contribution in [3.05, 3.63) is 42.5 Å². The van der Waals surface area contributed by atoms with E-state index in [0.29, 0.717) is 5.82 Å². The molecule has 0 amide bonds. The third-order valence-corrected chi connectivity index (χ3v) is 2.49. The van der Waals surface area contributed by atoms with Crippen molar-refractivity contribution in [3.8, 4) is 0 Å². The fourth-order valence-electron chi connectivity index (χ4n) is 1.51. The van der Waals surface area contributed by atoms with E-state index in [0.717, 1.165) is 24.5 Å². The molecule has 0 bridgehead atoms. The molecule has 0 unspecified atom stereocenters. The number of nitrogens with two attached hydrogens (primary N) is 1. The summed E-state index contributed by atoms with van der Waals surface area (Å²) < 4.78 is 0. The molecule has 0 aliphatic rings. The number of hydrogen-bond acceptors (Lipinski definition) is 5. The second-order valence-electron chi connectivity index (χ2n) is 3.79. The van der Waals surface area contributed by atoms with Crippen molar-refractivity contribution in [1.29, 1.82) is 0 Å². The Bertz CT molecular complexity index is 471. The highest BCUT2D eigenvalue weighted by atomic mass is 15.2. The molecule has 0 atom stereocenters. The first-order valence-corrected chi connectivity index (χ1v) is 5.44. The SMILES string of the molecule is CN(CCc1ccccn1)c1cc(N)ncn1. The van der Waals surface area contributed by atoms with Gasteiger partial charge in [0.05, 0.1) is 0 Å². The summed E-state index contributed by atoms with van der Waals surface area (Å²) in [5.41, 5.74) is 6.68. The predicted molar refractivity (Wildman–Crippen MR) is 67.7 cm³/mol. The largest absolute Gasteiger partial charge is 0.384 e. The minimum absolute atomic E-state index is 0.486. The van der Waals surface area contributed by atoms with Crippen LogP contribution in [0.3, 0.4) is 0 Å². The Morgan fingerprint density at radius 2 is 2.12 bits per heavy atom. The number of anilines is 2. The summed E-state index contributed by atoms with van der Waals surface area (Å²) in [6.45, 7) is 0.841. The second-order valence-corrected chi connectivity index (χ2v) is 3.79. The summed E-state index contributed by atoms with van der Waals surface area (Å²) in [7, 11) is 1.98. The van der Waals surface area contributed by atoms with Crippen LogP contribution in [0.25, 0.3) is 0 Å². The minimum atomic E-state index is 0.486. The lowest BCUT2D eigenvalue weighted by atomic mass is 10.2. The highest BCUT2D eigenvalue weighted by Crippen LogP contribution is 2.10. The van der Waals surface area contributed by atoms with Gasteiger partial charge in [-0.15, -0.1) is 0 Å². The number of hydrogen-bond donors (Lipinski definition) is 1. The predicted octanol–water partition coefficient (Wildman–Crippen LogP) is 1.13. The van der Waals surface area contributed by atoms with Crippen LogP contribution in [0.2, 0.25) is 0 Å². The molecular weight excluding hydrogens is 214 g/mol. The molecule has 2 aromatic heterocycles. The molecule has 2 heterocycles. The van der Waals surface area contributed by atoms with Gasteiger partial charge in [-0.2, -0.15) is 0 Å². The van der Waals surface area contributed by atoms with Gasteiger partial charge in [-0.3, -0.25) is 4.98 Å². The van der Waals surface area contributed by atoms with E-state index >= 15 is 0 Å². The quantitative estimate of drug-likeness (QED) is 0.851. The van der Waals surface area contributed by atoms with Crippen LogP contribution in [0.1, 0.15) is 5.69 Å². The maximum atomic E-state index is 5.61. The van der Waals surface area contributed by atoms with Gasteiger partial charge < -0.3 is 10.6 Å². The monoisotopic (exact) mass is 229 g/mol. The zero-order valence-corrected chi connectivity index (χ0v) is 9.74. The first-order chi connectivity index (χ1) is 8.25. The summed E-state index contributed by atoms with van der Waals surface area (Å²) >= 11 is 0. The van der Waals surface area contributed by atoms with Gasteiger partial charge in [-0.25, -0.2) is 9.97 Å². The molecule has 0 aromatic carbocycles. The van der Waals surface area contributed by atoms with Gasteiger partial charge in [-0.1, -0.05) is 6.07 Å². The van der Waals surface area contributed by atoms with Crippen molar-refractivity contribution in [3.63, 3.8) is 0 Å². The molecule has 17 heavy (non-hydrogen) atoms. The summed E-state index contributed by atoms with van der Waals surface area (Å²) in [6.07, 6.45) is 4.15. The highest BCUT2D eigenvalue weighted by molar-refractivity contribution is 5.45. The first kappa shape index (κ1) is 11.3. The topological polar surface area (TPSA) is 67.9 Å². The third kappa shape index (κ3) is 3.14. The molecule has 5 nitrogen and oxygen atoms in total. The molecule has 0 aliphatic carbocycles. The Balaban J connectivity index is 1.96. The standard InChI is InChI=1S/C12H15N5/c1-17(12-8-11(13)15-9-16-12)7-5-10-4-2-3-6-14-10/h2-4,6,8-9H,5,7H2,1H3,(H2,13,15,16). The van der Waals surface area contributed by atoms with Crippen molar-refractivity contribution >= 4 is 11.6 Å². The fraction of sp³-hybridized carbons (Fsp3) is 0.250. The molecule has 0 saturated carbocycles. The fourth-order valence-corrected chi connectivity index (χ4v) is 1.51. The molecule has 0 saturated heterocycles. The molecular formula is C12H15N5. The van der Waals surface area contributed by atoms with E-state index < -0.39 is 0 Å². The Labute approximate surface area is 100 Å². The van der Waals surface area contributed by atoms with Gasteiger partial charge in [0.2, 0.25) is 0 Å². The lowest BCUT2D eigenvalue weighted by Gasteiger charge is -2.17. The molecule has 5 heteroatoms. The number of nitrogen functional groups attached to an aromatic ring is 1. The maximum absolute atomic E-state index is 5.61. The number of likely N-dealkylation sites (N-methyl/N-ethyl adjacent to an activating group) is 1. The molecule has 2 N–H and O–H groups in total. The van der Waals surface area contributed by atoms with Gasteiger partial charge in [0, 0.05) is 38.0 Å². The van der Waals surface area contributed by atoms with Crippen molar-refractivity contribution in [2.75, 3.05) is 24.2 Å². The van der Waals surface area contributed by atoms with Crippen LogP contribution >= 0.6 is 0 Å². The summed E-state index contributed by atoms with van der Waals surface area (Å²) in [5.74, 6) is 1.31. The zero-order valence-electron chi connectivity index (χ0n) is 9.74. The van der Waals surface area contributed by atoms with Crippen molar-refractivity contribution < 1.29 is 0 Å². The summed E-state index contributed by atoms with van der Waals surface area (Å²) in [5, 5.41) is 0. The Morgan fingerprint density at radius 3 is 2.82 bits per heavy atom. The molecule has 0 radical (unpaired) electrons. The first-order valence-electron chi connectivity index (χ1n) is 5.44. The highest BCUT2D eigenvalue weighted by Gasteiger charge is 2.03. The molecule has 0 spiro atoms. The average Bonchev–Trinajstić information content (AvgIpc) is 2.37. The number of nitrogens with zero attached hydrogens (tertiary/aromatic N) is 4. The third-order valence-electron chi connectivity index (χ3n) is 2.49. The number of rotatable bonds is 4. The maximum Gasteiger partial charge on any atom is 0.133 e. The Hall–Kier alpha value is -2.17. The summed E-state index contributed by atoms with van der Waals surface area (Å²) in [4.78, 5) is 14.3. The van der Waals surface area contributed by atoms with E-state index in [1.807, 2.05) is 30.1 Å². The second kappa shape index (κ2) is 5.25. The normalized spacial score (nSPS) is 10.2. The number of pyridine rings is 1. The van der Waals surface area contributed by atoms with Gasteiger partial charge >= 0.3 is 0 Å². The van der Waals surface area contributed by atoms with Crippen LogP contribution in [-0.4, -0.2) is 28.5 Å². The average molecular weight is 229 g/mol. The summed E-state index contributed by atoms with van der Waals surface area (Å²) in [6, 6.07) is 7.68. The van der Waals surface area contributed by atoms with Crippen LogP contribution in [-0.2, 0) is 6.42 Å². The van der Waals surface area contributed by atoms with Gasteiger partial charge in [0.25, 0.3) is 0 Å². The van der Waals surface area contributed by atoms with Gasteiger partial charge in [-0.05, 0) is 12.1 Å². The molecule has 2 rings (SSSR count). The molecule has 0 fully saturated rings. The Morgan fingerprint density at radius 1 is 1.24 bits per heavy atom. The molecule has 0 aliphatic heterocycles. The van der Waals surface area contributed by atoms with Crippen LogP contribution in [0.5, 0.6) is 0 Å². The van der Waals surface area contributed by atoms with Crippen molar-refractivity contribution in [2.45, 2.75) is 6.42 Å². The van der Waals surface area contributed by atoms with E-state index in [-0.39, 0.29) is 0 Å². The van der Waals surface area contributed by atoms with E-state index in [4.69, 9.17) is 5.73 Å². The lowest BCUT2D eigenvalue weighted by molar-refractivity contribution is 0.836. The minimum Gasteiger partial charge on any atom is -0.384 e. The van der Waals surface area contributed by atoms with Crippen LogP contribution in [0.15, 0.2) is 36.8 Å². The Kier molecular flexibility index (Phi) is 3.49. The van der Waals surface area contributed by atoms with Gasteiger partial charge in [0.15, 0.2) is 0 Å². The van der Waals surface area contributed by atoms with E-state index in [1.54, 1.807) is 12.3 Å². The van der Waals surface area contributed by atoms with Crippen LogP contribution in [0.4, 0.5) is 11.6 Å². The van der Waals surface area contributed by atoms with E-state index in [2.05, 4.69) is 15.0 Å². The molecule has 2 aromatic rings. The van der Waals surface area contributed by atoms with Gasteiger partial charge in [0.1, 0.15) is 18.0 Å². The zero-order chi connectivity index (χ0) is 12.1. The van der Waals surface area contributed by atoms with Crippen LogP contribution in [0, 0.1) is 0 Å². The van der Waals surface area contributed by atoms with E-state index in [9.17, 15) is 0 Å². The van der Waals surface area contributed by atoms with Crippen LogP contribution < -0.4 is 10.6 Å². The molecule has 88 valence electrons. The van der Waals surface area contributed by atoms with Crippen molar-refractivity contribution in [1.82, 2.24) is 15.0 Å².